The summed E-state index contributed by atoms with van der Waals surface area (Å²) in [6.45, 7) is 12.5. The first-order valence-corrected chi connectivity index (χ1v) is 10.6. The summed E-state index contributed by atoms with van der Waals surface area (Å²) in [6, 6.07) is 17.1. The Hall–Kier alpha value is -2.32. The largest absolute Gasteiger partial charge is 0.466 e. The van der Waals surface area contributed by atoms with E-state index in [-0.39, 0.29) is 12.4 Å². The van der Waals surface area contributed by atoms with Gasteiger partial charge in [-0.1, -0.05) is 42.0 Å². The summed E-state index contributed by atoms with van der Waals surface area (Å²) in [5, 5.41) is 0.919. The van der Waals surface area contributed by atoms with Crippen LogP contribution < -0.4 is 9.34 Å². The number of rotatable bonds is 6. The van der Waals surface area contributed by atoms with Gasteiger partial charge in [0.1, 0.15) is 8.22 Å². The minimum atomic E-state index is -0.877. The number of benzene rings is 2. The van der Waals surface area contributed by atoms with Crippen LogP contribution in [0.15, 0.2) is 60.4 Å². The van der Waals surface area contributed by atoms with Crippen molar-refractivity contribution in [2.45, 2.75) is 27.2 Å². The molecular weight excluding hydrogens is 355 g/mol. The third-order valence-corrected chi connectivity index (χ3v) is 7.08. The second-order valence-corrected chi connectivity index (χ2v) is 8.93. The molecule has 142 valence electrons. The number of ether oxygens (including phenoxy) is 1. The summed E-state index contributed by atoms with van der Waals surface area (Å²) >= 11 is 0. The maximum atomic E-state index is 12.1. The second kappa shape index (κ2) is 8.58. The van der Waals surface area contributed by atoms with Crippen molar-refractivity contribution in [3.05, 3.63) is 71.6 Å². The van der Waals surface area contributed by atoms with Gasteiger partial charge in [0, 0.05) is 24.5 Å². The van der Waals surface area contributed by atoms with E-state index in [1.807, 2.05) is 6.92 Å². The van der Waals surface area contributed by atoms with Crippen molar-refractivity contribution in [3.63, 3.8) is 0 Å². The van der Waals surface area contributed by atoms with Gasteiger partial charge in [0.2, 0.25) is 0 Å². The zero-order chi connectivity index (χ0) is 19.4. The highest BCUT2D eigenvalue weighted by molar-refractivity contribution is 7.65. The van der Waals surface area contributed by atoms with E-state index in [0.717, 1.165) is 18.4 Å². The van der Waals surface area contributed by atoms with E-state index in [1.54, 1.807) is 0 Å². The zero-order valence-corrected chi connectivity index (χ0v) is 17.2. The van der Waals surface area contributed by atoms with Gasteiger partial charge in [-0.2, -0.15) is 0 Å². The molecule has 1 fully saturated rings. The van der Waals surface area contributed by atoms with E-state index in [1.165, 1.54) is 22.5 Å². The highest BCUT2D eigenvalue weighted by atomic mass is 31.1. The molecule has 0 atom stereocenters. The number of hydrogen-bond donors (Lipinski definition) is 0. The minimum absolute atomic E-state index is 0.204. The van der Waals surface area contributed by atoms with Crippen LogP contribution in [0, 0.1) is 13.8 Å². The number of hydrogen-bond acceptors (Lipinski definition) is 4. The molecule has 0 amide bonds. The van der Waals surface area contributed by atoms with Crippen LogP contribution in [0.4, 0.5) is 11.4 Å². The SMILES string of the molecule is C=C(CC(=O)OCC)P1N(c2ccc(C)cc2)CCN1c1ccc(C)cc1. The van der Waals surface area contributed by atoms with Gasteiger partial charge >= 0.3 is 5.97 Å². The first-order chi connectivity index (χ1) is 13.0. The van der Waals surface area contributed by atoms with Gasteiger partial charge in [-0.15, -0.1) is 0 Å². The molecule has 5 heteroatoms. The van der Waals surface area contributed by atoms with Crippen molar-refractivity contribution in [2.24, 2.45) is 0 Å². The highest BCUT2D eigenvalue weighted by Gasteiger charge is 2.35. The third kappa shape index (κ3) is 4.51. The van der Waals surface area contributed by atoms with Gasteiger partial charge in [0.05, 0.1) is 13.0 Å². The standard InChI is InChI=1S/C22H27N2O2P/c1-5-26-22(25)16-19(4)27-23(20-10-6-17(2)7-11-20)14-15-24(27)21-12-8-18(3)9-13-21/h6-13H,4-5,14-16H2,1-3H3. The molecule has 1 heterocycles. The molecule has 27 heavy (non-hydrogen) atoms. The van der Waals surface area contributed by atoms with Crippen LogP contribution in [0.5, 0.6) is 0 Å². The van der Waals surface area contributed by atoms with Gasteiger partial charge in [-0.3, -0.25) is 4.79 Å². The number of aryl methyl sites for hydroxylation is 2. The van der Waals surface area contributed by atoms with Crippen LogP contribution in [0.3, 0.4) is 0 Å². The molecule has 1 aliphatic heterocycles. The predicted molar refractivity (Wildman–Crippen MR) is 114 cm³/mol. The highest BCUT2D eigenvalue weighted by Crippen LogP contribution is 2.58. The quantitative estimate of drug-likeness (QED) is 0.494. The third-order valence-electron chi connectivity index (χ3n) is 4.58. The maximum absolute atomic E-state index is 12.1. The molecule has 0 aromatic heterocycles. The summed E-state index contributed by atoms with van der Waals surface area (Å²) in [5.41, 5.74) is 4.82. The van der Waals surface area contributed by atoms with E-state index in [9.17, 15) is 4.79 Å². The molecule has 2 aromatic rings. The van der Waals surface area contributed by atoms with Gasteiger partial charge in [-0.25, -0.2) is 0 Å². The average Bonchev–Trinajstić information content (AvgIpc) is 3.08. The Balaban J connectivity index is 1.91. The van der Waals surface area contributed by atoms with Crippen molar-refractivity contribution in [1.29, 1.82) is 0 Å². The van der Waals surface area contributed by atoms with Crippen LogP contribution in [0.25, 0.3) is 0 Å². The molecular formula is C22H27N2O2P. The molecule has 0 bridgehead atoms. The molecule has 0 aliphatic carbocycles. The lowest BCUT2D eigenvalue weighted by Crippen LogP contribution is -2.17. The number of nitrogens with zero attached hydrogens (tertiary/aromatic N) is 2. The van der Waals surface area contributed by atoms with Crippen LogP contribution >= 0.6 is 8.22 Å². The Kier molecular flexibility index (Phi) is 6.18. The van der Waals surface area contributed by atoms with Crippen LogP contribution in [-0.4, -0.2) is 25.7 Å². The fraction of sp³-hybridized carbons (Fsp3) is 0.318. The fourth-order valence-electron chi connectivity index (χ4n) is 3.21. The summed E-state index contributed by atoms with van der Waals surface area (Å²) in [4.78, 5) is 12.1. The van der Waals surface area contributed by atoms with E-state index in [0.29, 0.717) is 6.61 Å². The Bertz CT molecular complexity index is 749. The number of anilines is 2. The number of carbonyl (C=O) groups excluding carboxylic acids is 1. The Morgan fingerprint density at radius 3 is 1.81 bits per heavy atom. The van der Waals surface area contributed by atoms with Crippen LogP contribution in [0.1, 0.15) is 24.5 Å². The fourth-order valence-corrected chi connectivity index (χ4v) is 5.69. The van der Waals surface area contributed by atoms with E-state index >= 15 is 0 Å². The Labute approximate surface area is 163 Å². The van der Waals surface area contributed by atoms with E-state index < -0.39 is 8.22 Å². The molecule has 0 N–H and O–H groups in total. The average molecular weight is 382 g/mol. The second-order valence-electron chi connectivity index (χ2n) is 6.75. The van der Waals surface area contributed by atoms with Crippen molar-refractivity contribution in [1.82, 2.24) is 0 Å². The van der Waals surface area contributed by atoms with Gasteiger partial charge in [-0.05, 0) is 50.4 Å². The lowest BCUT2D eigenvalue weighted by molar-refractivity contribution is -0.142. The smallest absolute Gasteiger partial charge is 0.310 e. The first-order valence-electron chi connectivity index (χ1n) is 9.31. The normalized spacial score (nSPS) is 14.5. The van der Waals surface area contributed by atoms with Gasteiger partial charge in [0.25, 0.3) is 0 Å². The van der Waals surface area contributed by atoms with Crippen molar-refractivity contribution < 1.29 is 9.53 Å². The number of esters is 1. The molecule has 1 saturated heterocycles. The van der Waals surface area contributed by atoms with Crippen LogP contribution in [-0.2, 0) is 9.53 Å². The molecule has 4 nitrogen and oxygen atoms in total. The monoisotopic (exact) mass is 382 g/mol. The van der Waals surface area contributed by atoms with Crippen molar-refractivity contribution >= 4 is 25.6 Å². The molecule has 3 rings (SSSR count). The Morgan fingerprint density at radius 1 is 0.963 bits per heavy atom. The summed E-state index contributed by atoms with van der Waals surface area (Å²) in [5.74, 6) is -0.204. The molecule has 1 aliphatic rings. The molecule has 2 aromatic carbocycles. The summed E-state index contributed by atoms with van der Waals surface area (Å²) in [6.07, 6.45) is 0.254. The lowest BCUT2D eigenvalue weighted by atomic mass is 10.2. The number of carbonyl (C=O) groups is 1. The van der Waals surface area contributed by atoms with Crippen LogP contribution in [0.2, 0.25) is 0 Å². The maximum Gasteiger partial charge on any atom is 0.310 e. The summed E-state index contributed by atoms with van der Waals surface area (Å²) in [7, 11) is -0.877. The first kappa shape index (κ1) is 19.4. The lowest BCUT2D eigenvalue weighted by Gasteiger charge is -2.33. The van der Waals surface area contributed by atoms with Gasteiger partial charge in [0.15, 0.2) is 0 Å². The van der Waals surface area contributed by atoms with Gasteiger partial charge < -0.3 is 14.1 Å². The molecule has 0 spiro atoms. The Morgan fingerprint density at radius 2 is 1.41 bits per heavy atom. The van der Waals surface area contributed by atoms with E-state index in [4.69, 9.17) is 4.74 Å². The van der Waals surface area contributed by atoms with Crippen molar-refractivity contribution in [2.75, 3.05) is 29.0 Å². The molecule has 0 saturated carbocycles. The topological polar surface area (TPSA) is 32.8 Å². The predicted octanol–water partition coefficient (Wildman–Crippen LogP) is 5.41. The van der Waals surface area contributed by atoms with E-state index in [2.05, 4.69) is 78.3 Å². The molecule has 0 unspecified atom stereocenters. The van der Waals surface area contributed by atoms with Crippen molar-refractivity contribution in [3.8, 4) is 0 Å². The minimum Gasteiger partial charge on any atom is -0.466 e. The zero-order valence-electron chi connectivity index (χ0n) is 16.3. The molecule has 0 radical (unpaired) electrons. The summed E-state index contributed by atoms with van der Waals surface area (Å²) < 4.78 is 9.93.